The van der Waals surface area contributed by atoms with Gasteiger partial charge in [0.25, 0.3) is 11.8 Å². The Hall–Kier alpha value is -4.65. The van der Waals surface area contributed by atoms with Gasteiger partial charge in [0.1, 0.15) is 29.5 Å². The third-order valence-corrected chi connectivity index (χ3v) is 4.55. The SMILES string of the molecule is N#Cc1ncn(-c2nccc(-c3cccc4cc(-c5c(F)cccc5F)nnc34)n2)n1. The summed E-state index contributed by atoms with van der Waals surface area (Å²) in [5.74, 6) is -1.20. The largest absolute Gasteiger partial charge is 0.252 e. The van der Waals surface area contributed by atoms with Gasteiger partial charge in [0.2, 0.25) is 0 Å². The van der Waals surface area contributed by atoms with Crippen LogP contribution in [0, 0.1) is 23.0 Å². The standard InChI is InChI=1S/C21H10F2N8/c22-14-5-2-6-15(23)19(14)17-9-12-3-1-4-13(20(12)29-28-17)16-7-8-25-21(27-16)31-11-26-18(10-24)30-31/h1-9,11H. The Bertz CT molecular complexity index is 1470. The van der Waals surface area contributed by atoms with Crippen LogP contribution < -0.4 is 0 Å². The van der Waals surface area contributed by atoms with Gasteiger partial charge in [0.15, 0.2) is 0 Å². The van der Waals surface area contributed by atoms with Crippen LogP contribution in [0.2, 0.25) is 0 Å². The second-order valence-electron chi connectivity index (χ2n) is 6.44. The summed E-state index contributed by atoms with van der Waals surface area (Å²) in [6.45, 7) is 0. The van der Waals surface area contributed by atoms with E-state index in [1.54, 1.807) is 36.5 Å². The number of benzene rings is 2. The quantitative estimate of drug-likeness (QED) is 0.447. The van der Waals surface area contributed by atoms with E-state index in [9.17, 15) is 8.78 Å². The molecule has 5 aromatic rings. The van der Waals surface area contributed by atoms with E-state index in [4.69, 9.17) is 5.26 Å². The molecule has 0 saturated heterocycles. The molecule has 31 heavy (non-hydrogen) atoms. The molecule has 0 spiro atoms. The molecule has 3 heterocycles. The molecule has 0 aliphatic heterocycles. The van der Waals surface area contributed by atoms with E-state index in [1.807, 2.05) is 6.07 Å². The highest BCUT2D eigenvalue weighted by Gasteiger charge is 2.16. The number of fused-ring (bicyclic) bond motifs is 1. The fourth-order valence-corrected chi connectivity index (χ4v) is 3.16. The minimum Gasteiger partial charge on any atom is -0.220 e. The predicted octanol–water partition coefficient (Wildman–Crippen LogP) is 3.48. The van der Waals surface area contributed by atoms with Gasteiger partial charge in [-0.25, -0.2) is 23.7 Å². The lowest BCUT2D eigenvalue weighted by Crippen LogP contribution is -2.03. The molecule has 0 aliphatic carbocycles. The first-order valence-corrected chi connectivity index (χ1v) is 9.00. The molecule has 0 N–H and O–H groups in total. The van der Waals surface area contributed by atoms with Gasteiger partial charge in [-0.2, -0.15) is 9.94 Å². The third kappa shape index (κ3) is 3.24. The van der Waals surface area contributed by atoms with Crippen LogP contribution in [0.1, 0.15) is 5.82 Å². The number of aromatic nitrogens is 7. The van der Waals surface area contributed by atoms with Crippen molar-refractivity contribution in [3.8, 4) is 34.5 Å². The van der Waals surface area contributed by atoms with E-state index in [2.05, 4.69) is 30.2 Å². The van der Waals surface area contributed by atoms with Crippen molar-refractivity contribution in [2.24, 2.45) is 0 Å². The van der Waals surface area contributed by atoms with E-state index in [1.165, 1.54) is 29.2 Å². The van der Waals surface area contributed by atoms with Crippen molar-refractivity contribution in [1.82, 2.24) is 34.9 Å². The lowest BCUT2D eigenvalue weighted by molar-refractivity contribution is 0.588. The molecule has 5 rings (SSSR count). The molecule has 10 heteroatoms. The van der Waals surface area contributed by atoms with Crippen molar-refractivity contribution >= 4 is 10.9 Å². The molecule has 0 amide bonds. The van der Waals surface area contributed by atoms with Crippen molar-refractivity contribution in [3.63, 3.8) is 0 Å². The zero-order valence-corrected chi connectivity index (χ0v) is 15.6. The van der Waals surface area contributed by atoms with Crippen LogP contribution in [0.25, 0.3) is 39.4 Å². The Morgan fingerprint density at radius 1 is 0.903 bits per heavy atom. The number of hydrogen-bond acceptors (Lipinski definition) is 7. The van der Waals surface area contributed by atoms with Crippen LogP contribution in [-0.4, -0.2) is 34.9 Å². The third-order valence-electron chi connectivity index (χ3n) is 4.55. The Kier molecular flexibility index (Phi) is 4.33. The number of nitriles is 1. The van der Waals surface area contributed by atoms with Crippen LogP contribution in [0.5, 0.6) is 0 Å². The smallest absolute Gasteiger partial charge is 0.220 e. The molecule has 0 unspecified atom stereocenters. The van der Waals surface area contributed by atoms with Gasteiger partial charge in [-0.3, -0.25) is 0 Å². The van der Waals surface area contributed by atoms with Gasteiger partial charge < -0.3 is 0 Å². The number of halogens is 2. The Labute approximate surface area is 173 Å². The highest BCUT2D eigenvalue weighted by Crippen LogP contribution is 2.30. The Morgan fingerprint density at radius 3 is 2.48 bits per heavy atom. The van der Waals surface area contributed by atoms with E-state index in [0.717, 1.165) is 0 Å². The van der Waals surface area contributed by atoms with Crippen LogP contribution in [0.4, 0.5) is 8.78 Å². The average Bonchev–Trinajstić information content (AvgIpc) is 3.28. The van der Waals surface area contributed by atoms with Crippen LogP contribution in [0.15, 0.2) is 61.1 Å². The molecule has 0 atom stereocenters. The maximum Gasteiger partial charge on any atom is 0.252 e. The van der Waals surface area contributed by atoms with E-state index >= 15 is 0 Å². The lowest BCUT2D eigenvalue weighted by atomic mass is 10.0. The minimum absolute atomic E-state index is 0.00191. The summed E-state index contributed by atoms with van der Waals surface area (Å²) in [7, 11) is 0. The maximum atomic E-state index is 14.2. The van der Waals surface area contributed by atoms with Crippen molar-refractivity contribution in [2.45, 2.75) is 0 Å². The predicted molar refractivity (Wildman–Crippen MR) is 106 cm³/mol. The highest BCUT2D eigenvalue weighted by molar-refractivity contribution is 5.93. The van der Waals surface area contributed by atoms with Crippen molar-refractivity contribution in [1.29, 1.82) is 5.26 Å². The summed E-state index contributed by atoms with van der Waals surface area (Å²) in [5.41, 5.74) is 1.55. The summed E-state index contributed by atoms with van der Waals surface area (Å²) < 4.78 is 29.6. The van der Waals surface area contributed by atoms with E-state index in [-0.39, 0.29) is 23.0 Å². The Balaban J connectivity index is 1.62. The van der Waals surface area contributed by atoms with E-state index in [0.29, 0.717) is 22.2 Å². The minimum atomic E-state index is -0.713. The summed E-state index contributed by atoms with van der Waals surface area (Å²) in [6.07, 6.45) is 2.89. The van der Waals surface area contributed by atoms with Crippen LogP contribution in [-0.2, 0) is 0 Å². The molecule has 0 fully saturated rings. The summed E-state index contributed by atoms with van der Waals surface area (Å²) in [4.78, 5) is 12.5. The summed E-state index contributed by atoms with van der Waals surface area (Å²) in [5, 5.41) is 21.8. The van der Waals surface area contributed by atoms with Gasteiger partial charge in [-0.15, -0.1) is 15.3 Å². The van der Waals surface area contributed by atoms with Crippen molar-refractivity contribution in [2.75, 3.05) is 0 Å². The highest BCUT2D eigenvalue weighted by atomic mass is 19.1. The molecule has 2 aromatic carbocycles. The summed E-state index contributed by atoms with van der Waals surface area (Å²) in [6, 6.07) is 14.1. The number of hydrogen-bond donors (Lipinski definition) is 0. The lowest BCUT2D eigenvalue weighted by Gasteiger charge is -2.08. The molecule has 148 valence electrons. The second-order valence-corrected chi connectivity index (χ2v) is 6.44. The first kappa shape index (κ1) is 18.4. The first-order valence-electron chi connectivity index (χ1n) is 9.00. The Morgan fingerprint density at radius 2 is 1.71 bits per heavy atom. The monoisotopic (exact) mass is 412 g/mol. The van der Waals surface area contributed by atoms with Crippen molar-refractivity contribution < 1.29 is 8.78 Å². The van der Waals surface area contributed by atoms with Gasteiger partial charge >= 0.3 is 0 Å². The average molecular weight is 412 g/mol. The molecule has 0 saturated carbocycles. The zero-order valence-electron chi connectivity index (χ0n) is 15.6. The molecular formula is C21H10F2N8. The van der Waals surface area contributed by atoms with Gasteiger partial charge in [0.05, 0.1) is 17.0 Å². The second kappa shape index (κ2) is 7.31. The van der Waals surface area contributed by atoms with Crippen molar-refractivity contribution in [3.05, 3.63) is 78.5 Å². The van der Waals surface area contributed by atoms with Gasteiger partial charge in [-0.05, 0) is 24.3 Å². The molecule has 0 aliphatic rings. The summed E-state index contributed by atoms with van der Waals surface area (Å²) >= 11 is 0. The molecular weight excluding hydrogens is 402 g/mol. The maximum absolute atomic E-state index is 14.2. The molecule has 0 radical (unpaired) electrons. The molecule has 0 bridgehead atoms. The van der Waals surface area contributed by atoms with Gasteiger partial charge in [0, 0.05) is 17.1 Å². The van der Waals surface area contributed by atoms with E-state index < -0.39 is 11.6 Å². The molecule has 8 nitrogen and oxygen atoms in total. The zero-order chi connectivity index (χ0) is 21.4. The number of nitrogens with zero attached hydrogens (tertiary/aromatic N) is 8. The topological polar surface area (TPSA) is 106 Å². The van der Waals surface area contributed by atoms with Crippen LogP contribution >= 0.6 is 0 Å². The fourth-order valence-electron chi connectivity index (χ4n) is 3.16. The van der Waals surface area contributed by atoms with Crippen LogP contribution in [0.3, 0.4) is 0 Å². The molecule has 3 aromatic heterocycles. The number of rotatable bonds is 3. The first-order chi connectivity index (χ1) is 15.1. The normalized spacial score (nSPS) is 10.9. The fraction of sp³-hybridized carbons (Fsp3) is 0. The van der Waals surface area contributed by atoms with Gasteiger partial charge in [-0.1, -0.05) is 24.3 Å².